The van der Waals surface area contributed by atoms with Crippen molar-refractivity contribution >= 4 is 28.0 Å². The number of hydrogen-bond donors (Lipinski definition) is 2. The molecule has 1 aromatic heterocycles. The van der Waals surface area contributed by atoms with Crippen LogP contribution in [-0.4, -0.2) is 29.3 Å². The number of pyridine rings is 1. The van der Waals surface area contributed by atoms with E-state index in [9.17, 15) is 5.11 Å². The fraction of sp³-hybridized carbons (Fsp3) is 0.0714. The number of methoxy groups -OCH3 is 1. The maximum absolute atomic E-state index is 9.71. The minimum absolute atomic E-state index is 0.0335. The van der Waals surface area contributed by atoms with E-state index >= 15 is 0 Å². The zero-order valence-corrected chi connectivity index (χ0v) is 12.8. The van der Waals surface area contributed by atoms with Crippen LogP contribution in [0.4, 0.5) is 0 Å². The van der Waals surface area contributed by atoms with Crippen LogP contribution < -0.4 is 10.5 Å². The zero-order chi connectivity index (χ0) is 15.2. The second-order valence-electron chi connectivity index (χ2n) is 4.00. The second-order valence-corrected chi connectivity index (χ2v) is 4.85. The van der Waals surface area contributed by atoms with Gasteiger partial charge in [0.15, 0.2) is 17.3 Å². The van der Waals surface area contributed by atoms with Crippen molar-refractivity contribution in [1.29, 1.82) is 0 Å². The van der Waals surface area contributed by atoms with Crippen LogP contribution in [-0.2, 0) is 0 Å². The Morgan fingerprint density at radius 1 is 1.43 bits per heavy atom. The van der Waals surface area contributed by atoms with Gasteiger partial charge < -0.3 is 15.6 Å². The molecule has 0 saturated carbocycles. The molecule has 0 aliphatic rings. The highest BCUT2D eigenvalue weighted by Gasteiger charge is 2.07. The summed E-state index contributed by atoms with van der Waals surface area (Å²) in [6.45, 7) is 0. The summed E-state index contributed by atoms with van der Waals surface area (Å²) in [5.41, 5.74) is 7.03. The first-order chi connectivity index (χ1) is 10.1. The number of halogens is 1. The summed E-state index contributed by atoms with van der Waals surface area (Å²) in [5, 5.41) is 17.5. The molecule has 0 atom stereocenters. The molecule has 0 fully saturated rings. The number of amidine groups is 1. The predicted octanol–water partition coefficient (Wildman–Crippen LogP) is 2.30. The quantitative estimate of drug-likeness (QED) is 0.503. The van der Waals surface area contributed by atoms with Crippen LogP contribution in [0.5, 0.6) is 11.5 Å². The number of phenolic OH excluding ortho intramolecular Hbond substituents is 1. The van der Waals surface area contributed by atoms with Crippen molar-refractivity contribution in [3.05, 3.63) is 52.3 Å². The fourth-order valence-electron chi connectivity index (χ4n) is 1.55. The number of aromatic nitrogens is 1. The third-order valence-corrected chi connectivity index (χ3v) is 3.17. The van der Waals surface area contributed by atoms with Gasteiger partial charge in [0.25, 0.3) is 0 Å². The predicted molar refractivity (Wildman–Crippen MR) is 84.9 cm³/mol. The molecule has 0 radical (unpaired) electrons. The molecule has 0 bridgehead atoms. The maximum atomic E-state index is 9.71. The lowest BCUT2D eigenvalue weighted by Gasteiger charge is -2.05. The lowest BCUT2D eigenvalue weighted by Crippen LogP contribution is -2.14. The molecule has 0 saturated heterocycles. The fourth-order valence-corrected chi connectivity index (χ4v) is 2.01. The molecule has 6 nitrogen and oxygen atoms in total. The molecule has 1 aromatic carbocycles. The lowest BCUT2D eigenvalue weighted by atomic mass is 10.2. The van der Waals surface area contributed by atoms with Gasteiger partial charge in [0.05, 0.1) is 17.8 Å². The van der Waals surface area contributed by atoms with Crippen molar-refractivity contribution in [3.63, 3.8) is 0 Å². The molecule has 108 valence electrons. The Hall–Kier alpha value is -2.41. The molecule has 0 aliphatic carbocycles. The number of nitrogens with zero attached hydrogens (tertiary/aromatic N) is 3. The van der Waals surface area contributed by atoms with E-state index in [1.54, 1.807) is 30.5 Å². The van der Waals surface area contributed by atoms with E-state index in [1.807, 2.05) is 6.07 Å². The molecular weight excluding hydrogens is 336 g/mol. The van der Waals surface area contributed by atoms with Gasteiger partial charge in [-0.1, -0.05) is 6.07 Å². The SMILES string of the molecule is COc1cc(/C=N\N=C(\N)c2ccccn2)cc(Br)c1O. The van der Waals surface area contributed by atoms with Gasteiger partial charge in [-0.15, -0.1) is 5.10 Å². The first kappa shape index (κ1) is 15.0. The van der Waals surface area contributed by atoms with E-state index in [-0.39, 0.29) is 11.6 Å². The van der Waals surface area contributed by atoms with Crippen LogP contribution in [0.25, 0.3) is 0 Å². The van der Waals surface area contributed by atoms with E-state index in [1.165, 1.54) is 13.3 Å². The van der Waals surface area contributed by atoms with Crippen molar-refractivity contribution in [1.82, 2.24) is 4.98 Å². The average Bonchev–Trinajstić information content (AvgIpc) is 2.51. The maximum Gasteiger partial charge on any atom is 0.172 e. The topological polar surface area (TPSA) is 93.1 Å². The molecule has 1 heterocycles. The Labute approximate surface area is 130 Å². The molecule has 0 unspecified atom stereocenters. The van der Waals surface area contributed by atoms with Gasteiger partial charge in [-0.3, -0.25) is 4.98 Å². The summed E-state index contributed by atoms with van der Waals surface area (Å²) in [5.74, 6) is 0.593. The Balaban J connectivity index is 2.20. The number of rotatable bonds is 4. The summed E-state index contributed by atoms with van der Waals surface area (Å²) in [4.78, 5) is 4.07. The van der Waals surface area contributed by atoms with Crippen LogP contribution in [0.1, 0.15) is 11.3 Å². The highest BCUT2D eigenvalue weighted by atomic mass is 79.9. The molecule has 0 amide bonds. The van der Waals surface area contributed by atoms with Crippen LogP contribution in [0.3, 0.4) is 0 Å². The van der Waals surface area contributed by atoms with Crippen molar-refractivity contribution in [2.24, 2.45) is 15.9 Å². The molecule has 3 N–H and O–H groups in total. The highest BCUT2D eigenvalue weighted by Crippen LogP contribution is 2.34. The molecule has 0 aliphatic heterocycles. The third kappa shape index (κ3) is 3.79. The smallest absolute Gasteiger partial charge is 0.172 e. The van der Waals surface area contributed by atoms with Gasteiger partial charge in [0.1, 0.15) is 5.69 Å². The number of phenols is 1. The summed E-state index contributed by atoms with van der Waals surface area (Å²) >= 11 is 3.23. The van der Waals surface area contributed by atoms with E-state index in [2.05, 4.69) is 31.1 Å². The van der Waals surface area contributed by atoms with Gasteiger partial charge in [-0.25, -0.2) is 0 Å². The molecule has 2 aromatic rings. The normalized spacial score (nSPS) is 11.8. The number of aromatic hydroxyl groups is 1. The molecule has 2 rings (SSSR count). The number of benzene rings is 1. The van der Waals surface area contributed by atoms with E-state index in [4.69, 9.17) is 10.5 Å². The summed E-state index contributed by atoms with van der Waals surface area (Å²) in [7, 11) is 1.47. The van der Waals surface area contributed by atoms with Crippen LogP contribution in [0.15, 0.2) is 51.2 Å². The Morgan fingerprint density at radius 2 is 2.24 bits per heavy atom. The number of nitrogens with two attached hydrogens (primary N) is 1. The molecular formula is C14H13BrN4O2. The minimum atomic E-state index is 0.0335. The lowest BCUT2D eigenvalue weighted by molar-refractivity contribution is 0.372. The largest absolute Gasteiger partial charge is 0.503 e. The summed E-state index contributed by atoms with van der Waals surface area (Å²) in [6, 6.07) is 8.68. The van der Waals surface area contributed by atoms with Gasteiger partial charge >= 0.3 is 0 Å². The van der Waals surface area contributed by atoms with E-state index in [0.717, 1.165) is 0 Å². The minimum Gasteiger partial charge on any atom is -0.503 e. The molecule has 21 heavy (non-hydrogen) atoms. The van der Waals surface area contributed by atoms with E-state index in [0.29, 0.717) is 21.5 Å². The van der Waals surface area contributed by atoms with Crippen LogP contribution >= 0.6 is 15.9 Å². The molecule has 0 spiro atoms. The van der Waals surface area contributed by atoms with Crippen molar-refractivity contribution in [2.75, 3.05) is 7.11 Å². The van der Waals surface area contributed by atoms with Crippen LogP contribution in [0.2, 0.25) is 0 Å². The Kier molecular flexibility index (Phi) is 4.89. The summed E-state index contributed by atoms with van der Waals surface area (Å²) < 4.78 is 5.56. The summed E-state index contributed by atoms with van der Waals surface area (Å²) in [6.07, 6.45) is 3.13. The third-order valence-electron chi connectivity index (χ3n) is 2.57. The Bertz CT molecular complexity index is 687. The zero-order valence-electron chi connectivity index (χ0n) is 11.2. The monoisotopic (exact) mass is 348 g/mol. The van der Waals surface area contributed by atoms with Gasteiger partial charge in [0.2, 0.25) is 0 Å². The van der Waals surface area contributed by atoms with Gasteiger partial charge in [-0.2, -0.15) is 5.10 Å². The standard InChI is InChI=1S/C14H13BrN4O2/c1-21-12-7-9(6-10(15)13(12)20)8-18-19-14(16)11-4-2-3-5-17-11/h2-8,20H,1H3,(H2,16,19)/b18-8-. The average molecular weight is 349 g/mol. The first-order valence-corrected chi connectivity index (χ1v) is 6.75. The van der Waals surface area contributed by atoms with Gasteiger partial charge in [-0.05, 0) is 45.8 Å². The van der Waals surface area contributed by atoms with Crippen molar-refractivity contribution in [2.45, 2.75) is 0 Å². The van der Waals surface area contributed by atoms with Crippen molar-refractivity contribution < 1.29 is 9.84 Å². The number of hydrogen-bond acceptors (Lipinski definition) is 5. The first-order valence-electron chi connectivity index (χ1n) is 5.96. The van der Waals surface area contributed by atoms with Gasteiger partial charge in [0, 0.05) is 6.20 Å². The Morgan fingerprint density at radius 3 is 2.90 bits per heavy atom. The van der Waals surface area contributed by atoms with Crippen molar-refractivity contribution in [3.8, 4) is 11.5 Å². The number of ether oxygens (including phenoxy) is 1. The van der Waals surface area contributed by atoms with E-state index < -0.39 is 0 Å². The highest BCUT2D eigenvalue weighted by molar-refractivity contribution is 9.10. The second kappa shape index (κ2) is 6.85. The molecule has 7 heteroatoms. The van der Waals surface area contributed by atoms with Crippen LogP contribution in [0, 0.1) is 0 Å².